The van der Waals surface area contributed by atoms with E-state index in [1.54, 1.807) is 14.7 Å². The van der Waals surface area contributed by atoms with Gasteiger partial charge in [-0.25, -0.2) is 0 Å². The summed E-state index contributed by atoms with van der Waals surface area (Å²) in [6.45, 7) is 1.33. The topological polar surface area (TPSA) is 130 Å². The maximum Gasteiger partial charge on any atom is 3.00 e. The third kappa shape index (κ3) is 9.42. The molecule has 0 radical (unpaired) electrons. The van der Waals surface area contributed by atoms with Crippen molar-refractivity contribution in [3.8, 4) is 0 Å². The van der Waals surface area contributed by atoms with Crippen molar-refractivity contribution in [1.82, 2.24) is 14.7 Å². The van der Waals surface area contributed by atoms with Crippen molar-refractivity contribution in [2.75, 3.05) is 58.9 Å². The fraction of sp³-hybridized carbons (Fsp3) is 0.750. The number of hydrogen-bond acceptors (Lipinski definition) is 9. The summed E-state index contributed by atoms with van der Waals surface area (Å²) in [5.41, 5.74) is 0. The van der Waals surface area contributed by atoms with Gasteiger partial charge in [-0.15, -0.1) is 0 Å². The molecule has 0 bridgehead atoms. The van der Waals surface area contributed by atoms with Crippen LogP contribution in [0.15, 0.2) is 0 Å². The van der Waals surface area contributed by atoms with Crippen LogP contribution >= 0.6 is 0 Å². The first-order valence-electron chi connectivity index (χ1n) is 6.63. The average molecular weight is 389 g/mol. The molecule has 120 valence electrons. The van der Waals surface area contributed by atoms with Gasteiger partial charge in [0.05, 0.1) is 17.9 Å². The summed E-state index contributed by atoms with van der Waals surface area (Å²) in [5.74, 6) is -3.69. The van der Waals surface area contributed by atoms with E-state index in [1.807, 2.05) is 0 Å². The van der Waals surface area contributed by atoms with E-state index in [4.69, 9.17) is 0 Å². The second kappa shape index (κ2) is 11.0. The number of rotatable bonds is 6. The molecule has 0 spiro atoms. The second-order valence-corrected chi connectivity index (χ2v) is 4.94. The van der Waals surface area contributed by atoms with Gasteiger partial charge in [0.15, 0.2) is 0 Å². The van der Waals surface area contributed by atoms with E-state index < -0.39 is 17.9 Å². The molecule has 0 unspecified atom stereocenters. The van der Waals surface area contributed by atoms with Crippen molar-refractivity contribution in [2.24, 2.45) is 0 Å². The summed E-state index contributed by atoms with van der Waals surface area (Å²) < 4.78 is 0. The Morgan fingerprint density at radius 2 is 0.773 bits per heavy atom. The first kappa shape index (κ1) is 21.4. The van der Waals surface area contributed by atoms with Crippen LogP contribution in [0, 0.1) is 0 Å². The molecule has 0 aromatic carbocycles. The van der Waals surface area contributed by atoms with Gasteiger partial charge in [-0.05, 0) is 0 Å². The largest absolute Gasteiger partial charge is 3.00 e. The summed E-state index contributed by atoms with van der Waals surface area (Å²) in [5, 5.41) is 32.0. The Hall–Kier alpha value is -0.606. The van der Waals surface area contributed by atoms with Crippen LogP contribution in [0.25, 0.3) is 0 Å². The molecule has 0 atom stereocenters. The van der Waals surface area contributed by atoms with Gasteiger partial charge in [-0.2, -0.15) is 0 Å². The minimum atomic E-state index is -1.23. The molecule has 1 saturated heterocycles. The molecule has 1 heterocycles. The predicted octanol–water partition coefficient (Wildman–Crippen LogP) is -5.85. The third-order valence-electron chi connectivity index (χ3n) is 3.26. The van der Waals surface area contributed by atoms with Gasteiger partial charge in [-0.1, -0.05) is 0 Å². The summed E-state index contributed by atoms with van der Waals surface area (Å²) in [6.07, 6.45) is 0. The number of hydrogen-bond donors (Lipinski definition) is 0. The summed E-state index contributed by atoms with van der Waals surface area (Å²) >= 11 is 0. The van der Waals surface area contributed by atoms with Gasteiger partial charge < -0.3 is 29.7 Å². The van der Waals surface area contributed by atoms with Crippen molar-refractivity contribution >= 4 is 17.9 Å². The fourth-order valence-electron chi connectivity index (χ4n) is 2.21. The SMILES string of the molecule is O=C([O-])CN1CCN(CC(=O)[O-])CCN(CC(=O)[O-])CC1.[Y+3]. The normalized spacial score (nSPS) is 18.5. The molecule has 0 amide bonds. The average Bonchev–Trinajstić information content (AvgIpc) is 2.42. The van der Waals surface area contributed by atoms with Crippen LogP contribution in [0.4, 0.5) is 0 Å². The Bertz CT molecular complexity index is 326. The Balaban J connectivity index is 0.00000441. The van der Waals surface area contributed by atoms with E-state index in [0.717, 1.165) is 0 Å². The van der Waals surface area contributed by atoms with E-state index in [9.17, 15) is 29.7 Å². The monoisotopic (exact) mass is 389 g/mol. The Kier molecular flexibility index (Phi) is 10.7. The minimum Gasteiger partial charge on any atom is -0.549 e. The molecule has 1 rings (SSSR count). The maximum absolute atomic E-state index is 10.7. The van der Waals surface area contributed by atoms with Crippen LogP contribution in [0.1, 0.15) is 0 Å². The van der Waals surface area contributed by atoms with Gasteiger partial charge in [0.25, 0.3) is 0 Å². The number of carbonyl (C=O) groups is 3. The molecule has 22 heavy (non-hydrogen) atoms. The van der Waals surface area contributed by atoms with Gasteiger partial charge in [0.1, 0.15) is 0 Å². The van der Waals surface area contributed by atoms with Crippen LogP contribution in [-0.2, 0) is 47.1 Å². The first-order chi connectivity index (χ1) is 9.86. The zero-order valence-corrected chi connectivity index (χ0v) is 15.1. The fourth-order valence-corrected chi connectivity index (χ4v) is 2.21. The standard InChI is InChI=1S/C12H21N3O6.Y/c16-10(17)7-13-1-2-14(8-11(18)19)5-6-15(4-3-13)9-12(20)21;/h1-9H2,(H,16,17)(H,18,19)(H,20,21);/q;+3/p-3. The van der Waals surface area contributed by atoms with Crippen molar-refractivity contribution < 1.29 is 62.4 Å². The summed E-state index contributed by atoms with van der Waals surface area (Å²) in [6, 6.07) is 0. The molecule has 1 aliphatic heterocycles. The smallest absolute Gasteiger partial charge is 0.549 e. The van der Waals surface area contributed by atoms with Crippen molar-refractivity contribution in [3.63, 3.8) is 0 Å². The molecule has 0 aromatic heterocycles. The first-order valence-corrected chi connectivity index (χ1v) is 6.63. The zero-order chi connectivity index (χ0) is 15.8. The van der Waals surface area contributed by atoms with Crippen molar-refractivity contribution in [1.29, 1.82) is 0 Å². The van der Waals surface area contributed by atoms with Crippen LogP contribution in [0.5, 0.6) is 0 Å². The summed E-state index contributed by atoms with van der Waals surface area (Å²) in [4.78, 5) is 36.8. The molecule has 0 aromatic rings. The van der Waals surface area contributed by atoms with E-state index in [0.29, 0.717) is 39.3 Å². The van der Waals surface area contributed by atoms with E-state index in [-0.39, 0.29) is 52.3 Å². The molecule has 9 nitrogen and oxygen atoms in total. The van der Waals surface area contributed by atoms with Crippen LogP contribution < -0.4 is 15.3 Å². The quantitative estimate of drug-likeness (QED) is 0.436. The number of carboxylic acids is 3. The van der Waals surface area contributed by atoms with Crippen LogP contribution in [0.2, 0.25) is 0 Å². The number of carbonyl (C=O) groups excluding carboxylic acids is 3. The van der Waals surface area contributed by atoms with Gasteiger partial charge >= 0.3 is 32.7 Å². The van der Waals surface area contributed by atoms with Gasteiger partial charge in [0.2, 0.25) is 0 Å². The maximum atomic E-state index is 10.7. The molecule has 0 aliphatic carbocycles. The second-order valence-electron chi connectivity index (χ2n) is 4.94. The van der Waals surface area contributed by atoms with Gasteiger partial charge in [-0.3, -0.25) is 14.7 Å². The Morgan fingerprint density at radius 3 is 0.909 bits per heavy atom. The molecule has 0 saturated carbocycles. The minimum absolute atomic E-state index is 0. The molecule has 1 fully saturated rings. The van der Waals surface area contributed by atoms with E-state index in [2.05, 4.69) is 0 Å². The third-order valence-corrected chi connectivity index (χ3v) is 3.26. The molecule has 10 heteroatoms. The van der Waals surface area contributed by atoms with E-state index >= 15 is 0 Å². The molecule has 0 N–H and O–H groups in total. The van der Waals surface area contributed by atoms with Crippen molar-refractivity contribution in [3.05, 3.63) is 0 Å². The summed E-state index contributed by atoms with van der Waals surface area (Å²) in [7, 11) is 0. The molecule has 1 aliphatic rings. The van der Waals surface area contributed by atoms with Crippen LogP contribution in [0.3, 0.4) is 0 Å². The van der Waals surface area contributed by atoms with Crippen LogP contribution in [-0.4, -0.2) is 91.5 Å². The zero-order valence-electron chi connectivity index (χ0n) is 12.2. The number of nitrogens with zero attached hydrogens (tertiary/aromatic N) is 3. The van der Waals surface area contributed by atoms with Crippen molar-refractivity contribution in [2.45, 2.75) is 0 Å². The Labute approximate surface area is 153 Å². The number of aliphatic carboxylic acids is 3. The predicted molar refractivity (Wildman–Crippen MR) is 64.3 cm³/mol. The molecular formula is C12H18N3O6Y. The number of carboxylic acid groups (broad SMARTS) is 3. The molecular weight excluding hydrogens is 371 g/mol. The van der Waals surface area contributed by atoms with Gasteiger partial charge in [0, 0.05) is 58.9 Å². The van der Waals surface area contributed by atoms with E-state index in [1.165, 1.54) is 0 Å². The Morgan fingerprint density at radius 1 is 0.591 bits per heavy atom.